The molecule has 0 saturated carbocycles. The van der Waals surface area contributed by atoms with Crippen LogP contribution in [0.4, 0.5) is 5.13 Å². The zero-order valence-electron chi connectivity index (χ0n) is 10.7. The van der Waals surface area contributed by atoms with Gasteiger partial charge in [-0.1, -0.05) is 0 Å². The fourth-order valence-electron chi connectivity index (χ4n) is 1.33. The van der Waals surface area contributed by atoms with Crippen LogP contribution in [-0.2, 0) is 6.54 Å². The zero-order valence-corrected chi connectivity index (χ0v) is 11.5. The van der Waals surface area contributed by atoms with Crippen LogP contribution >= 0.6 is 11.3 Å². The number of aromatic nitrogens is 1. The Bertz CT molecular complexity index is 298. The van der Waals surface area contributed by atoms with Crippen LogP contribution in [-0.4, -0.2) is 55.6 Å². The third-order valence-electron chi connectivity index (χ3n) is 2.24. The highest BCUT2D eigenvalue weighted by Gasteiger charge is 2.04. The second-order valence-electron chi connectivity index (χ2n) is 4.20. The summed E-state index contributed by atoms with van der Waals surface area (Å²) in [6, 6.07) is 0. The van der Waals surface area contributed by atoms with Gasteiger partial charge in [0.25, 0.3) is 0 Å². The van der Waals surface area contributed by atoms with Crippen molar-refractivity contribution in [1.29, 1.82) is 0 Å². The van der Waals surface area contributed by atoms with Gasteiger partial charge in [-0.15, -0.1) is 11.3 Å². The van der Waals surface area contributed by atoms with Crippen molar-refractivity contribution in [2.24, 2.45) is 0 Å². The summed E-state index contributed by atoms with van der Waals surface area (Å²) < 4.78 is 0. The monoisotopic (exact) mass is 242 g/mol. The molecule has 0 aliphatic carbocycles. The van der Waals surface area contributed by atoms with Crippen molar-refractivity contribution in [3.8, 4) is 0 Å². The molecule has 0 aromatic carbocycles. The summed E-state index contributed by atoms with van der Waals surface area (Å²) in [5.74, 6) is 0. The van der Waals surface area contributed by atoms with E-state index in [1.54, 1.807) is 11.3 Å². The Balaban J connectivity index is 2.34. The number of likely N-dealkylation sites (N-methyl/N-ethyl adjacent to an activating group) is 2. The quantitative estimate of drug-likeness (QED) is 0.786. The van der Waals surface area contributed by atoms with Crippen LogP contribution in [0.25, 0.3) is 0 Å². The van der Waals surface area contributed by atoms with E-state index in [9.17, 15) is 0 Å². The minimum Gasteiger partial charge on any atom is -0.362 e. The molecule has 92 valence electrons. The average Bonchev–Trinajstić information content (AvgIpc) is 2.63. The Morgan fingerprint density at radius 2 is 2.06 bits per heavy atom. The number of thiazole rings is 1. The molecule has 0 saturated heterocycles. The molecule has 0 amide bonds. The highest BCUT2D eigenvalue weighted by Crippen LogP contribution is 2.18. The van der Waals surface area contributed by atoms with Gasteiger partial charge in [0.2, 0.25) is 0 Å². The standard InChI is InChI=1S/C11H22N4S/c1-5-12-11-13-8-10(16-11)9-15(4)7-6-14(2)3/h8H,5-7,9H2,1-4H3,(H,12,13). The van der Waals surface area contributed by atoms with E-state index in [1.807, 2.05) is 6.20 Å². The fourth-order valence-corrected chi connectivity index (χ4v) is 2.29. The SMILES string of the molecule is CCNc1ncc(CN(C)CCN(C)C)s1. The van der Waals surface area contributed by atoms with E-state index in [0.717, 1.165) is 31.3 Å². The minimum atomic E-state index is 0.934. The number of anilines is 1. The van der Waals surface area contributed by atoms with Crippen LogP contribution < -0.4 is 5.32 Å². The van der Waals surface area contributed by atoms with Crippen LogP contribution in [0.15, 0.2) is 6.20 Å². The van der Waals surface area contributed by atoms with Gasteiger partial charge in [0.1, 0.15) is 0 Å². The molecular formula is C11H22N4S. The topological polar surface area (TPSA) is 31.4 Å². The van der Waals surface area contributed by atoms with Crippen LogP contribution in [0.3, 0.4) is 0 Å². The summed E-state index contributed by atoms with van der Waals surface area (Å²) in [7, 11) is 6.35. The molecule has 1 aromatic rings. The van der Waals surface area contributed by atoms with Crippen LogP contribution in [0.2, 0.25) is 0 Å². The first-order valence-electron chi connectivity index (χ1n) is 5.63. The fraction of sp³-hybridized carbons (Fsp3) is 0.727. The minimum absolute atomic E-state index is 0.934. The first kappa shape index (κ1) is 13.4. The lowest BCUT2D eigenvalue weighted by Gasteiger charge is -2.18. The van der Waals surface area contributed by atoms with Gasteiger partial charge < -0.3 is 10.2 Å². The number of hydrogen-bond acceptors (Lipinski definition) is 5. The molecule has 1 N–H and O–H groups in total. The Hall–Kier alpha value is -0.650. The van der Waals surface area contributed by atoms with Crippen LogP contribution in [0.1, 0.15) is 11.8 Å². The molecule has 1 heterocycles. The summed E-state index contributed by atoms with van der Waals surface area (Å²) in [5, 5.41) is 4.26. The summed E-state index contributed by atoms with van der Waals surface area (Å²) in [5.41, 5.74) is 0. The molecule has 4 nitrogen and oxygen atoms in total. The lowest BCUT2D eigenvalue weighted by molar-refractivity contribution is 0.278. The first-order valence-corrected chi connectivity index (χ1v) is 6.45. The van der Waals surface area contributed by atoms with Gasteiger partial charge in [0, 0.05) is 37.3 Å². The normalized spacial score (nSPS) is 11.4. The van der Waals surface area contributed by atoms with Crippen molar-refractivity contribution in [3.63, 3.8) is 0 Å². The molecule has 1 rings (SSSR count). The van der Waals surface area contributed by atoms with Gasteiger partial charge in [-0.25, -0.2) is 4.98 Å². The number of rotatable bonds is 7. The summed E-state index contributed by atoms with van der Waals surface area (Å²) in [6.45, 7) is 6.18. The second kappa shape index (κ2) is 6.83. The highest BCUT2D eigenvalue weighted by molar-refractivity contribution is 7.15. The molecule has 1 aromatic heterocycles. The Morgan fingerprint density at radius 1 is 1.31 bits per heavy atom. The Labute approximate surface area is 102 Å². The third kappa shape index (κ3) is 4.92. The van der Waals surface area contributed by atoms with Crippen molar-refractivity contribution >= 4 is 16.5 Å². The average molecular weight is 242 g/mol. The van der Waals surface area contributed by atoms with Crippen molar-refractivity contribution in [1.82, 2.24) is 14.8 Å². The van der Waals surface area contributed by atoms with E-state index < -0.39 is 0 Å². The van der Waals surface area contributed by atoms with Crippen molar-refractivity contribution in [2.45, 2.75) is 13.5 Å². The maximum Gasteiger partial charge on any atom is 0.182 e. The van der Waals surface area contributed by atoms with E-state index in [0.29, 0.717) is 0 Å². The van der Waals surface area contributed by atoms with E-state index in [1.165, 1.54) is 4.88 Å². The molecule has 0 spiro atoms. The van der Waals surface area contributed by atoms with Gasteiger partial charge in [0.05, 0.1) is 0 Å². The van der Waals surface area contributed by atoms with E-state index in [4.69, 9.17) is 0 Å². The van der Waals surface area contributed by atoms with Gasteiger partial charge in [-0.05, 0) is 28.1 Å². The Morgan fingerprint density at radius 3 is 2.69 bits per heavy atom. The smallest absolute Gasteiger partial charge is 0.182 e. The molecular weight excluding hydrogens is 220 g/mol. The third-order valence-corrected chi connectivity index (χ3v) is 3.18. The Kier molecular flexibility index (Phi) is 5.73. The van der Waals surface area contributed by atoms with Gasteiger partial charge in [-0.2, -0.15) is 0 Å². The molecule has 0 fully saturated rings. The molecule has 0 atom stereocenters. The number of nitrogens with zero attached hydrogens (tertiary/aromatic N) is 3. The molecule has 5 heteroatoms. The lowest BCUT2D eigenvalue weighted by Crippen LogP contribution is -2.28. The lowest BCUT2D eigenvalue weighted by atomic mass is 10.4. The molecule has 16 heavy (non-hydrogen) atoms. The van der Waals surface area contributed by atoms with Crippen molar-refractivity contribution < 1.29 is 0 Å². The summed E-state index contributed by atoms with van der Waals surface area (Å²) in [6.07, 6.45) is 1.97. The molecule has 0 aliphatic heterocycles. The molecule has 0 unspecified atom stereocenters. The molecule has 0 bridgehead atoms. The first-order chi connectivity index (χ1) is 7.61. The van der Waals surface area contributed by atoms with E-state index in [-0.39, 0.29) is 0 Å². The highest BCUT2D eigenvalue weighted by atomic mass is 32.1. The predicted octanol–water partition coefficient (Wildman–Crippen LogP) is 1.57. The van der Waals surface area contributed by atoms with Gasteiger partial charge in [0.15, 0.2) is 5.13 Å². The van der Waals surface area contributed by atoms with E-state index in [2.05, 4.69) is 48.2 Å². The predicted molar refractivity (Wildman–Crippen MR) is 71.2 cm³/mol. The largest absolute Gasteiger partial charge is 0.362 e. The maximum atomic E-state index is 4.32. The number of hydrogen-bond donors (Lipinski definition) is 1. The van der Waals surface area contributed by atoms with Crippen molar-refractivity contribution in [2.75, 3.05) is 46.1 Å². The van der Waals surface area contributed by atoms with E-state index >= 15 is 0 Å². The van der Waals surface area contributed by atoms with Crippen LogP contribution in [0.5, 0.6) is 0 Å². The molecule has 0 radical (unpaired) electrons. The van der Waals surface area contributed by atoms with Gasteiger partial charge in [-0.3, -0.25) is 4.90 Å². The molecule has 0 aliphatic rings. The maximum absolute atomic E-state index is 4.32. The summed E-state index contributed by atoms with van der Waals surface area (Å²) >= 11 is 1.74. The second-order valence-corrected chi connectivity index (χ2v) is 5.32. The number of nitrogens with one attached hydrogen (secondary N) is 1. The summed E-state index contributed by atoms with van der Waals surface area (Å²) in [4.78, 5) is 10.2. The van der Waals surface area contributed by atoms with Gasteiger partial charge >= 0.3 is 0 Å². The zero-order chi connectivity index (χ0) is 12.0. The van der Waals surface area contributed by atoms with Crippen LogP contribution in [0, 0.1) is 0 Å². The van der Waals surface area contributed by atoms with Crippen molar-refractivity contribution in [3.05, 3.63) is 11.1 Å².